The van der Waals surface area contributed by atoms with E-state index in [0.717, 1.165) is 0 Å². The third-order valence-electron chi connectivity index (χ3n) is 2.94. The van der Waals surface area contributed by atoms with Crippen molar-refractivity contribution in [3.63, 3.8) is 0 Å². The van der Waals surface area contributed by atoms with Crippen LogP contribution in [0.25, 0.3) is 0 Å². The normalized spacial score (nSPS) is 9.91. The first-order valence-electron chi connectivity index (χ1n) is 6.51. The van der Waals surface area contributed by atoms with E-state index in [1.54, 1.807) is 37.3 Å². The number of hydrogen-bond acceptors (Lipinski definition) is 4. The molecule has 0 spiro atoms. The molecule has 2 rings (SSSR count). The summed E-state index contributed by atoms with van der Waals surface area (Å²) in [6.45, 7) is 1.74. The van der Waals surface area contributed by atoms with E-state index >= 15 is 0 Å². The highest BCUT2D eigenvalue weighted by atomic mass is 16.6. The zero-order chi connectivity index (χ0) is 16.1. The number of nitro benzene ring substituents is 1. The van der Waals surface area contributed by atoms with Crippen LogP contribution in [-0.2, 0) is 0 Å². The third kappa shape index (κ3) is 3.72. The summed E-state index contributed by atoms with van der Waals surface area (Å²) < 4.78 is 5.68. The van der Waals surface area contributed by atoms with Crippen LogP contribution >= 0.6 is 0 Å². The van der Waals surface area contributed by atoms with Crippen LogP contribution in [0.4, 0.5) is 16.2 Å². The van der Waals surface area contributed by atoms with Crippen molar-refractivity contribution in [1.82, 2.24) is 5.32 Å². The predicted octanol–water partition coefficient (Wildman–Crippen LogP) is 3.45. The summed E-state index contributed by atoms with van der Waals surface area (Å²) >= 11 is 0. The lowest BCUT2D eigenvalue weighted by molar-refractivity contribution is -0.384. The van der Waals surface area contributed by atoms with Gasteiger partial charge in [0, 0.05) is 24.9 Å². The quantitative estimate of drug-likeness (QED) is 0.668. The van der Waals surface area contributed by atoms with Crippen molar-refractivity contribution in [3.05, 3.63) is 58.1 Å². The second-order valence-corrected chi connectivity index (χ2v) is 4.54. The van der Waals surface area contributed by atoms with E-state index in [9.17, 15) is 14.9 Å². The first-order chi connectivity index (χ1) is 10.5. The van der Waals surface area contributed by atoms with Gasteiger partial charge in [-0.2, -0.15) is 0 Å². The lowest BCUT2D eigenvalue weighted by Gasteiger charge is -2.09. The summed E-state index contributed by atoms with van der Waals surface area (Å²) in [7, 11) is 1.53. The van der Waals surface area contributed by atoms with Crippen LogP contribution in [0.3, 0.4) is 0 Å². The van der Waals surface area contributed by atoms with E-state index in [2.05, 4.69) is 10.6 Å². The van der Waals surface area contributed by atoms with Gasteiger partial charge >= 0.3 is 6.03 Å². The Bertz CT molecular complexity index is 698. The molecule has 2 aromatic carbocycles. The number of hydrogen-bond donors (Lipinski definition) is 2. The van der Waals surface area contributed by atoms with Crippen LogP contribution in [0.15, 0.2) is 42.5 Å². The molecule has 0 bridgehead atoms. The van der Waals surface area contributed by atoms with Gasteiger partial charge in [0.05, 0.1) is 4.92 Å². The summed E-state index contributed by atoms with van der Waals surface area (Å²) in [5, 5.41) is 15.8. The third-order valence-corrected chi connectivity index (χ3v) is 2.94. The molecule has 7 nitrogen and oxygen atoms in total. The van der Waals surface area contributed by atoms with Gasteiger partial charge in [0.2, 0.25) is 0 Å². The highest BCUT2D eigenvalue weighted by Gasteiger charge is 2.09. The summed E-state index contributed by atoms with van der Waals surface area (Å²) in [5.41, 5.74) is 1.32. The second kappa shape index (κ2) is 6.57. The zero-order valence-corrected chi connectivity index (χ0v) is 12.1. The molecule has 0 atom stereocenters. The average Bonchev–Trinajstić information content (AvgIpc) is 2.50. The van der Waals surface area contributed by atoms with E-state index in [1.807, 2.05) is 0 Å². The summed E-state index contributed by atoms with van der Waals surface area (Å²) in [4.78, 5) is 21.4. The molecular weight excluding hydrogens is 286 g/mol. The van der Waals surface area contributed by atoms with E-state index in [1.165, 1.54) is 19.2 Å². The number of carbonyl (C=O) groups is 1. The largest absolute Gasteiger partial charge is 0.457 e. The maximum absolute atomic E-state index is 11.2. The smallest absolute Gasteiger partial charge is 0.318 e. The average molecular weight is 301 g/mol. The minimum atomic E-state index is -0.448. The summed E-state index contributed by atoms with van der Waals surface area (Å²) in [6.07, 6.45) is 0. The molecule has 0 saturated heterocycles. The summed E-state index contributed by atoms with van der Waals surface area (Å²) in [6, 6.07) is 10.9. The number of amides is 2. The first kappa shape index (κ1) is 15.3. The molecule has 0 aliphatic rings. The molecule has 0 fully saturated rings. The van der Waals surface area contributed by atoms with Gasteiger partial charge in [-0.3, -0.25) is 10.1 Å². The van der Waals surface area contributed by atoms with Crippen LogP contribution in [-0.4, -0.2) is 18.0 Å². The zero-order valence-electron chi connectivity index (χ0n) is 12.1. The minimum Gasteiger partial charge on any atom is -0.457 e. The molecule has 22 heavy (non-hydrogen) atoms. The van der Waals surface area contributed by atoms with Gasteiger partial charge in [0.15, 0.2) is 0 Å². The Hall–Kier alpha value is -3.09. The fourth-order valence-corrected chi connectivity index (χ4v) is 1.79. The maximum Gasteiger partial charge on any atom is 0.318 e. The van der Waals surface area contributed by atoms with E-state index in [4.69, 9.17) is 4.74 Å². The number of nitrogens with zero attached hydrogens (tertiary/aromatic N) is 1. The fraction of sp³-hybridized carbons (Fsp3) is 0.133. The van der Waals surface area contributed by atoms with E-state index in [-0.39, 0.29) is 11.7 Å². The number of urea groups is 1. The Kier molecular flexibility index (Phi) is 4.57. The highest BCUT2D eigenvalue weighted by Crippen LogP contribution is 2.28. The molecule has 0 saturated carbocycles. The highest BCUT2D eigenvalue weighted by molar-refractivity contribution is 5.88. The molecule has 0 heterocycles. The van der Waals surface area contributed by atoms with Crippen molar-refractivity contribution >= 4 is 17.4 Å². The molecule has 0 aliphatic carbocycles. The number of carbonyl (C=O) groups excluding carboxylic acids is 1. The van der Waals surface area contributed by atoms with Gasteiger partial charge in [0.1, 0.15) is 11.5 Å². The molecular formula is C15H15N3O4. The molecule has 0 radical (unpaired) electrons. The van der Waals surface area contributed by atoms with Gasteiger partial charge in [-0.25, -0.2) is 4.79 Å². The Labute approximate surface area is 127 Å². The number of anilines is 1. The van der Waals surface area contributed by atoms with Gasteiger partial charge in [-0.05, 0) is 42.8 Å². The van der Waals surface area contributed by atoms with Crippen molar-refractivity contribution in [2.75, 3.05) is 12.4 Å². The van der Waals surface area contributed by atoms with Crippen molar-refractivity contribution in [1.29, 1.82) is 0 Å². The standard InChI is InChI=1S/C15H15N3O4/c1-10-9-12(18(20)21)5-8-14(10)22-13-6-3-11(4-7-13)17-15(19)16-2/h3-9H,1-2H3,(H2,16,17,19). The minimum absolute atomic E-state index is 0.0231. The van der Waals surface area contributed by atoms with Gasteiger partial charge in [-0.1, -0.05) is 0 Å². The van der Waals surface area contributed by atoms with Crippen molar-refractivity contribution in [2.45, 2.75) is 6.92 Å². The number of non-ortho nitro benzene ring substituents is 1. The van der Waals surface area contributed by atoms with Crippen molar-refractivity contribution < 1.29 is 14.5 Å². The molecule has 0 aliphatic heterocycles. The Balaban J connectivity index is 2.11. The number of aryl methyl sites for hydroxylation is 1. The number of ether oxygens (including phenoxy) is 1. The van der Waals surface area contributed by atoms with Crippen molar-refractivity contribution in [2.24, 2.45) is 0 Å². The van der Waals surface area contributed by atoms with E-state index in [0.29, 0.717) is 22.7 Å². The molecule has 0 unspecified atom stereocenters. The lowest BCUT2D eigenvalue weighted by atomic mass is 10.2. The monoisotopic (exact) mass is 301 g/mol. The fourth-order valence-electron chi connectivity index (χ4n) is 1.79. The number of benzene rings is 2. The topological polar surface area (TPSA) is 93.5 Å². The molecule has 2 amide bonds. The molecule has 2 N–H and O–H groups in total. The van der Waals surface area contributed by atoms with E-state index < -0.39 is 4.92 Å². The van der Waals surface area contributed by atoms with Crippen LogP contribution < -0.4 is 15.4 Å². The summed E-state index contributed by atoms with van der Waals surface area (Å²) in [5.74, 6) is 1.11. The maximum atomic E-state index is 11.2. The first-order valence-corrected chi connectivity index (χ1v) is 6.51. The van der Waals surface area contributed by atoms with Crippen LogP contribution in [0.1, 0.15) is 5.56 Å². The molecule has 2 aromatic rings. The molecule has 0 aromatic heterocycles. The van der Waals surface area contributed by atoms with Crippen LogP contribution in [0.2, 0.25) is 0 Å². The predicted molar refractivity (Wildman–Crippen MR) is 82.4 cm³/mol. The number of rotatable bonds is 4. The number of nitrogens with one attached hydrogen (secondary N) is 2. The Morgan fingerprint density at radius 2 is 1.86 bits per heavy atom. The molecule has 7 heteroatoms. The van der Waals surface area contributed by atoms with Gasteiger partial charge in [-0.15, -0.1) is 0 Å². The van der Waals surface area contributed by atoms with Gasteiger partial charge < -0.3 is 15.4 Å². The molecule has 114 valence electrons. The Morgan fingerprint density at radius 1 is 1.18 bits per heavy atom. The SMILES string of the molecule is CNC(=O)Nc1ccc(Oc2ccc([N+](=O)[O-])cc2C)cc1. The number of nitro groups is 1. The second-order valence-electron chi connectivity index (χ2n) is 4.54. The lowest BCUT2D eigenvalue weighted by Crippen LogP contribution is -2.24. The van der Waals surface area contributed by atoms with Gasteiger partial charge in [0.25, 0.3) is 5.69 Å². The van der Waals surface area contributed by atoms with Crippen molar-refractivity contribution in [3.8, 4) is 11.5 Å². The Morgan fingerprint density at radius 3 is 2.41 bits per heavy atom. The van der Waals surface area contributed by atoms with Crippen LogP contribution in [0, 0.1) is 17.0 Å². The van der Waals surface area contributed by atoms with Crippen LogP contribution in [0.5, 0.6) is 11.5 Å².